The van der Waals surface area contributed by atoms with Gasteiger partial charge < -0.3 is 9.52 Å². The van der Waals surface area contributed by atoms with E-state index in [1.165, 1.54) is 0 Å². The summed E-state index contributed by atoms with van der Waals surface area (Å²) in [5.41, 5.74) is 1.52. The van der Waals surface area contributed by atoms with Gasteiger partial charge >= 0.3 is 0 Å². The highest BCUT2D eigenvalue weighted by Crippen LogP contribution is 2.18. The van der Waals surface area contributed by atoms with E-state index in [9.17, 15) is 0 Å². The lowest BCUT2D eigenvalue weighted by atomic mass is 10.3. The third-order valence-electron chi connectivity index (χ3n) is 1.91. The van der Waals surface area contributed by atoms with E-state index in [0.717, 1.165) is 17.1 Å². The quantitative estimate of drug-likeness (QED) is 0.751. The maximum atomic E-state index is 8.94. The second-order valence-electron chi connectivity index (χ2n) is 2.78. The van der Waals surface area contributed by atoms with E-state index in [1.54, 1.807) is 24.1 Å². The molecule has 0 amide bonds. The average molecular weight is 178 g/mol. The standard InChI is InChI=1S/C9H10N2O2/c1-11-7(6-12)5-8(10-11)9-3-2-4-13-9/h2-5,12H,6H2,1H3. The van der Waals surface area contributed by atoms with Crippen molar-refractivity contribution >= 4 is 0 Å². The largest absolute Gasteiger partial charge is 0.463 e. The summed E-state index contributed by atoms with van der Waals surface area (Å²) in [6.07, 6.45) is 1.60. The van der Waals surface area contributed by atoms with E-state index in [-0.39, 0.29) is 6.61 Å². The highest BCUT2D eigenvalue weighted by atomic mass is 16.3. The minimum atomic E-state index is -0.00971. The molecule has 68 valence electrons. The van der Waals surface area contributed by atoms with Crippen molar-refractivity contribution < 1.29 is 9.52 Å². The van der Waals surface area contributed by atoms with Gasteiger partial charge in [-0.15, -0.1) is 0 Å². The molecule has 2 heterocycles. The third kappa shape index (κ3) is 1.36. The van der Waals surface area contributed by atoms with Crippen molar-refractivity contribution in [1.29, 1.82) is 0 Å². The number of hydrogen-bond donors (Lipinski definition) is 1. The lowest BCUT2D eigenvalue weighted by molar-refractivity contribution is 0.270. The maximum Gasteiger partial charge on any atom is 0.154 e. The van der Waals surface area contributed by atoms with Crippen LogP contribution in [0.5, 0.6) is 0 Å². The Morgan fingerprint density at radius 2 is 2.46 bits per heavy atom. The summed E-state index contributed by atoms with van der Waals surface area (Å²) < 4.78 is 6.81. The van der Waals surface area contributed by atoms with Crippen molar-refractivity contribution in [2.75, 3.05) is 0 Å². The predicted molar refractivity (Wildman–Crippen MR) is 46.8 cm³/mol. The monoisotopic (exact) mass is 178 g/mol. The summed E-state index contributed by atoms with van der Waals surface area (Å²) in [7, 11) is 1.79. The SMILES string of the molecule is Cn1nc(-c2ccco2)cc1CO. The van der Waals surface area contributed by atoms with Crippen LogP contribution in [0.2, 0.25) is 0 Å². The molecule has 2 rings (SSSR count). The molecule has 0 bridgehead atoms. The fourth-order valence-corrected chi connectivity index (χ4v) is 1.20. The van der Waals surface area contributed by atoms with Crippen LogP contribution in [-0.4, -0.2) is 14.9 Å². The van der Waals surface area contributed by atoms with E-state index >= 15 is 0 Å². The zero-order chi connectivity index (χ0) is 9.26. The fourth-order valence-electron chi connectivity index (χ4n) is 1.20. The summed E-state index contributed by atoms with van der Waals surface area (Å²) in [4.78, 5) is 0. The molecule has 0 aliphatic rings. The van der Waals surface area contributed by atoms with Gasteiger partial charge in [-0.3, -0.25) is 4.68 Å². The van der Waals surface area contributed by atoms with Crippen molar-refractivity contribution in [2.45, 2.75) is 6.61 Å². The Kier molecular flexibility index (Phi) is 1.90. The molecule has 4 heteroatoms. The first kappa shape index (κ1) is 8.07. The van der Waals surface area contributed by atoms with Gasteiger partial charge in [0.15, 0.2) is 5.76 Å². The van der Waals surface area contributed by atoms with Crippen molar-refractivity contribution in [1.82, 2.24) is 9.78 Å². The molecule has 0 atom stereocenters. The highest BCUT2D eigenvalue weighted by molar-refractivity contribution is 5.51. The molecule has 0 spiro atoms. The molecule has 0 saturated heterocycles. The summed E-state index contributed by atoms with van der Waals surface area (Å²) in [6.45, 7) is -0.00971. The number of furan rings is 1. The number of aryl methyl sites for hydroxylation is 1. The van der Waals surface area contributed by atoms with Crippen molar-refractivity contribution in [3.8, 4) is 11.5 Å². The molecular weight excluding hydrogens is 168 g/mol. The van der Waals surface area contributed by atoms with Crippen LogP contribution in [0, 0.1) is 0 Å². The summed E-state index contributed by atoms with van der Waals surface area (Å²) in [6, 6.07) is 5.45. The molecule has 0 unspecified atom stereocenters. The van der Waals surface area contributed by atoms with Gasteiger partial charge in [-0.05, 0) is 18.2 Å². The number of hydrogen-bond acceptors (Lipinski definition) is 3. The minimum absolute atomic E-state index is 0.00971. The predicted octanol–water partition coefficient (Wildman–Crippen LogP) is 1.17. The molecule has 0 radical (unpaired) electrons. The van der Waals surface area contributed by atoms with E-state index in [2.05, 4.69) is 5.10 Å². The number of aliphatic hydroxyl groups excluding tert-OH is 1. The maximum absolute atomic E-state index is 8.94. The van der Waals surface area contributed by atoms with Crippen LogP contribution >= 0.6 is 0 Å². The van der Waals surface area contributed by atoms with Crippen LogP contribution in [-0.2, 0) is 13.7 Å². The Bertz CT molecular complexity index is 390. The molecule has 13 heavy (non-hydrogen) atoms. The van der Waals surface area contributed by atoms with Crippen LogP contribution in [0.15, 0.2) is 28.9 Å². The number of nitrogens with zero attached hydrogens (tertiary/aromatic N) is 2. The van der Waals surface area contributed by atoms with Crippen LogP contribution in [0.1, 0.15) is 5.69 Å². The van der Waals surface area contributed by atoms with Gasteiger partial charge in [0.05, 0.1) is 18.6 Å². The molecule has 0 aliphatic heterocycles. The first-order chi connectivity index (χ1) is 6.31. The van der Waals surface area contributed by atoms with Crippen LogP contribution in [0.3, 0.4) is 0 Å². The highest BCUT2D eigenvalue weighted by Gasteiger charge is 2.07. The summed E-state index contributed by atoms with van der Waals surface area (Å²) >= 11 is 0. The van der Waals surface area contributed by atoms with E-state index in [4.69, 9.17) is 9.52 Å². The fraction of sp³-hybridized carbons (Fsp3) is 0.222. The van der Waals surface area contributed by atoms with Crippen molar-refractivity contribution in [2.24, 2.45) is 7.05 Å². The topological polar surface area (TPSA) is 51.2 Å². The number of aliphatic hydroxyl groups is 1. The van der Waals surface area contributed by atoms with Crippen LogP contribution in [0.4, 0.5) is 0 Å². The number of rotatable bonds is 2. The van der Waals surface area contributed by atoms with E-state index in [0.29, 0.717) is 0 Å². The van der Waals surface area contributed by atoms with Gasteiger partial charge in [0.2, 0.25) is 0 Å². The number of aromatic nitrogens is 2. The average Bonchev–Trinajstić information content (AvgIpc) is 2.71. The molecular formula is C9H10N2O2. The molecule has 4 nitrogen and oxygen atoms in total. The Morgan fingerprint density at radius 1 is 1.62 bits per heavy atom. The second-order valence-corrected chi connectivity index (χ2v) is 2.78. The Balaban J connectivity index is 2.43. The Hall–Kier alpha value is -1.55. The molecule has 2 aromatic rings. The van der Waals surface area contributed by atoms with Gasteiger partial charge in [-0.25, -0.2) is 0 Å². The zero-order valence-electron chi connectivity index (χ0n) is 7.27. The molecule has 1 N–H and O–H groups in total. The first-order valence-corrected chi connectivity index (χ1v) is 3.99. The van der Waals surface area contributed by atoms with E-state index in [1.807, 2.05) is 12.1 Å². The van der Waals surface area contributed by atoms with Gasteiger partial charge in [-0.2, -0.15) is 5.10 Å². The second kappa shape index (κ2) is 3.06. The minimum Gasteiger partial charge on any atom is -0.463 e. The molecule has 2 aromatic heterocycles. The van der Waals surface area contributed by atoms with Crippen molar-refractivity contribution in [3.63, 3.8) is 0 Å². The molecule has 0 saturated carbocycles. The van der Waals surface area contributed by atoms with Gasteiger partial charge in [0.25, 0.3) is 0 Å². The van der Waals surface area contributed by atoms with Gasteiger partial charge in [0.1, 0.15) is 5.69 Å². The van der Waals surface area contributed by atoms with Crippen LogP contribution in [0.25, 0.3) is 11.5 Å². The van der Waals surface area contributed by atoms with E-state index < -0.39 is 0 Å². The molecule has 0 aliphatic carbocycles. The Morgan fingerprint density at radius 3 is 3.00 bits per heavy atom. The smallest absolute Gasteiger partial charge is 0.154 e. The van der Waals surface area contributed by atoms with Gasteiger partial charge in [-0.1, -0.05) is 0 Å². The zero-order valence-corrected chi connectivity index (χ0v) is 7.27. The van der Waals surface area contributed by atoms with Crippen LogP contribution < -0.4 is 0 Å². The Labute approximate surface area is 75.4 Å². The molecule has 0 fully saturated rings. The third-order valence-corrected chi connectivity index (χ3v) is 1.91. The summed E-state index contributed by atoms with van der Waals surface area (Å²) in [5, 5.41) is 13.1. The lowest BCUT2D eigenvalue weighted by Crippen LogP contribution is -1.96. The summed E-state index contributed by atoms with van der Waals surface area (Å²) in [5.74, 6) is 0.718. The van der Waals surface area contributed by atoms with Gasteiger partial charge in [0, 0.05) is 7.05 Å². The normalized spacial score (nSPS) is 10.6. The first-order valence-electron chi connectivity index (χ1n) is 3.99. The molecule has 0 aromatic carbocycles. The van der Waals surface area contributed by atoms with Crippen molar-refractivity contribution in [3.05, 3.63) is 30.2 Å². The lowest BCUT2D eigenvalue weighted by Gasteiger charge is -1.92.